The van der Waals surface area contributed by atoms with Gasteiger partial charge in [-0.25, -0.2) is 0 Å². The Morgan fingerprint density at radius 1 is 1.31 bits per heavy atom. The molecule has 0 unspecified atom stereocenters. The van der Waals surface area contributed by atoms with Crippen LogP contribution < -0.4 is 5.30 Å². The van der Waals surface area contributed by atoms with E-state index in [0.29, 0.717) is 6.16 Å². The van der Waals surface area contributed by atoms with E-state index in [-0.39, 0.29) is 0 Å². The molecule has 0 spiro atoms. The molecule has 3 heteroatoms. The summed E-state index contributed by atoms with van der Waals surface area (Å²) in [6, 6.07) is 9.33. The Kier molecular flexibility index (Phi) is 2.10. The summed E-state index contributed by atoms with van der Waals surface area (Å²) in [6.07, 6.45) is 1.44. The van der Waals surface area contributed by atoms with Crippen molar-refractivity contribution in [2.45, 2.75) is 6.10 Å². The Labute approximate surface area is 77.3 Å². The van der Waals surface area contributed by atoms with Gasteiger partial charge >= 0.3 is 0 Å². The second-order valence-corrected chi connectivity index (χ2v) is 5.99. The van der Waals surface area contributed by atoms with Crippen LogP contribution in [-0.2, 0) is 4.57 Å². The van der Waals surface area contributed by atoms with Gasteiger partial charge in [0.1, 0.15) is 7.14 Å². The summed E-state index contributed by atoms with van der Waals surface area (Å²) in [5.41, 5.74) is 0. The maximum atomic E-state index is 12.2. The molecule has 1 aromatic carbocycles. The molecule has 1 heterocycles. The van der Waals surface area contributed by atoms with Crippen molar-refractivity contribution >= 4 is 12.4 Å². The van der Waals surface area contributed by atoms with E-state index >= 15 is 0 Å². The molecule has 0 aliphatic carbocycles. The average Bonchev–Trinajstić information content (AvgIpc) is 2.49. The van der Waals surface area contributed by atoms with Gasteiger partial charge < -0.3 is 9.67 Å². The molecule has 1 aliphatic rings. The molecule has 0 radical (unpaired) electrons. The van der Waals surface area contributed by atoms with Gasteiger partial charge in [0.2, 0.25) is 0 Å². The van der Waals surface area contributed by atoms with Crippen LogP contribution in [0.2, 0.25) is 0 Å². The first-order valence-electron chi connectivity index (χ1n) is 4.22. The predicted molar refractivity (Wildman–Crippen MR) is 53.7 cm³/mol. The van der Waals surface area contributed by atoms with Crippen molar-refractivity contribution in [2.75, 3.05) is 6.16 Å². The first-order valence-corrected chi connectivity index (χ1v) is 6.19. The van der Waals surface area contributed by atoms with Crippen LogP contribution in [0.25, 0.3) is 0 Å². The van der Waals surface area contributed by atoms with E-state index < -0.39 is 13.2 Å². The lowest BCUT2D eigenvalue weighted by molar-refractivity contribution is 0.249. The van der Waals surface area contributed by atoms with Gasteiger partial charge in [0, 0.05) is 11.5 Å². The topological polar surface area (TPSA) is 37.3 Å². The molecule has 13 heavy (non-hydrogen) atoms. The normalized spacial score (nSPS) is 32.2. The third kappa shape index (κ3) is 1.60. The quantitative estimate of drug-likeness (QED) is 0.689. The van der Waals surface area contributed by atoms with Crippen LogP contribution in [0, 0.1) is 0 Å². The van der Waals surface area contributed by atoms with Gasteiger partial charge in [0.15, 0.2) is 0 Å². The zero-order valence-electron chi connectivity index (χ0n) is 7.13. The molecule has 0 amide bonds. The van der Waals surface area contributed by atoms with Crippen LogP contribution in [0.5, 0.6) is 0 Å². The van der Waals surface area contributed by atoms with Gasteiger partial charge in [-0.05, 0) is 5.82 Å². The van der Waals surface area contributed by atoms with Crippen LogP contribution in [0.3, 0.4) is 0 Å². The number of aliphatic hydroxyl groups is 1. The molecule has 1 aromatic rings. The molecule has 2 rings (SSSR count). The monoisotopic (exact) mass is 194 g/mol. The highest BCUT2D eigenvalue weighted by Gasteiger charge is 2.28. The molecule has 1 N–H and O–H groups in total. The summed E-state index contributed by atoms with van der Waals surface area (Å²) in [4.78, 5) is 0. The van der Waals surface area contributed by atoms with Crippen molar-refractivity contribution in [3.63, 3.8) is 0 Å². The molecule has 1 aliphatic heterocycles. The van der Waals surface area contributed by atoms with Crippen molar-refractivity contribution in [3.8, 4) is 0 Å². The third-order valence-electron chi connectivity index (χ3n) is 2.20. The van der Waals surface area contributed by atoms with E-state index in [4.69, 9.17) is 0 Å². The van der Waals surface area contributed by atoms with Gasteiger partial charge in [0.25, 0.3) is 0 Å². The van der Waals surface area contributed by atoms with Crippen LogP contribution in [0.1, 0.15) is 0 Å². The van der Waals surface area contributed by atoms with Crippen molar-refractivity contribution in [1.82, 2.24) is 0 Å². The van der Waals surface area contributed by atoms with E-state index in [1.165, 1.54) is 0 Å². The van der Waals surface area contributed by atoms with Crippen LogP contribution in [0.15, 0.2) is 42.2 Å². The Bertz CT molecular complexity index is 370. The SMILES string of the molecule is O=[P@]1(c2ccccc2)C=C[C@H](O)C1. The maximum Gasteiger partial charge on any atom is 0.139 e. The Morgan fingerprint density at radius 3 is 2.54 bits per heavy atom. The van der Waals surface area contributed by atoms with E-state index in [1.54, 1.807) is 11.9 Å². The lowest BCUT2D eigenvalue weighted by Crippen LogP contribution is -2.09. The summed E-state index contributed by atoms with van der Waals surface area (Å²) in [7, 11) is -2.41. The van der Waals surface area contributed by atoms with Crippen molar-refractivity contribution < 1.29 is 9.67 Å². The van der Waals surface area contributed by atoms with E-state index in [1.807, 2.05) is 30.3 Å². The molecule has 68 valence electrons. The summed E-state index contributed by atoms with van der Waals surface area (Å²) >= 11 is 0. The minimum atomic E-state index is -2.41. The van der Waals surface area contributed by atoms with Crippen LogP contribution in [0.4, 0.5) is 0 Å². The van der Waals surface area contributed by atoms with Crippen LogP contribution >= 0.6 is 7.14 Å². The molecular weight excluding hydrogens is 183 g/mol. The summed E-state index contributed by atoms with van der Waals surface area (Å²) in [5, 5.41) is 10.1. The molecule has 2 atom stereocenters. The first-order chi connectivity index (χ1) is 6.21. The second-order valence-electron chi connectivity index (χ2n) is 3.22. The Morgan fingerprint density at radius 2 is 2.00 bits per heavy atom. The fraction of sp³-hybridized carbons (Fsp3) is 0.200. The fourth-order valence-electron chi connectivity index (χ4n) is 1.51. The molecule has 2 nitrogen and oxygen atoms in total. The number of hydrogen-bond acceptors (Lipinski definition) is 2. The van der Waals surface area contributed by atoms with Gasteiger partial charge in [0.05, 0.1) is 6.10 Å². The van der Waals surface area contributed by atoms with Gasteiger partial charge in [-0.1, -0.05) is 36.4 Å². The second kappa shape index (κ2) is 3.13. The number of aliphatic hydroxyl groups excluding tert-OH is 1. The standard InChI is InChI=1S/C10H11O2P/c11-9-6-7-13(12,8-9)10-4-2-1-3-5-10/h1-7,9,11H,8H2/t9-,13+/m0/s1. The molecule has 0 saturated heterocycles. The lowest BCUT2D eigenvalue weighted by Gasteiger charge is -2.09. The Hall–Kier alpha value is -0.850. The number of benzene rings is 1. The molecule has 0 saturated carbocycles. The minimum absolute atomic E-state index is 0.358. The highest BCUT2D eigenvalue weighted by molar-refractivity contribution is 7.74. The fourth-order valence-corrected chi connectivity index (χ4v) is 3.85. The summed E-state index contributed by atoms with van der Waals surface area (Å²) in [6.45, 7) is 0. The lowest BCUT2D eigenvalue weighted by atomic mass is 10.4. The molecular formula is C10H11O2P. The molecule has 0 fully saturated rings. The molecule has 0 bridgehead atoms. The third-order valence-corrected chi connectivity index (χ3v) is 4.94. The minimum Gasteiger partial charge on any atom is -0.389 e. The zero-order valence-corrected chi connectivity index (χ0v) is 8.02. The maximum absolute atomic E-state index is 12.2. The average molecular weight is 194 g/mol. The van der Waals surface area contributed by atoms with Gasteiger partial charge in [-0.15, -0.1) is 0 Å². The predicted octanol–water partition coefficient (Wildman–Crippen LogP) is 1.56. The van der Waals surface area contributed by atoms with Gasteiger partial charge in [-0.2, -0.15) is 0 Å². The van der Waals surface area contributed by atoms with Crippen LogP contribution in [-0.4, -0.2) is 17.4 Å². The zero-order chi connectivity index (χ0) is 9.31. The summed E-state index contributed by atoms with van der Waals surface area (Å²) < 4.78 is 12.2. The largest absolute Gasteiger partial charge is 0.389 e. The number of hydrogen-bond donors (Lipinski definition) is 1. The van der Waals surface area contributed by atoms with E-state index in [0.717, 1.165) is 5.30 Å². The highest BCUT2D eigenvalue weighted by Crippen LogP contribution is 2.50. The highest BCUT2D eigenvalue weighted by atomic mass is 31.2. The van der Waals surface area contributed by atoms with E-state index in [2.05, 4.69) is 0 Å². The smallest absolute Gasteiger partial charge is 0.139 e. The first kappa shape index (κ1) is 8.74. The Balaban J connectivity index is 2.38. The molecule has 0 aromatic heterocycles. The summed E-state index contributed by atoms with van der Waals surface area (Å²) in [5.74, 6) is 1.66. The van der Waals surface area contributed by atoms with Gasteiger partial charge in [-0.3, -0.25) is 0 Å². The van der Waals surface area contributed by atoms with E-state index in [9.17, 15) is 9.67 Å². The number of rotatable bonds is 1. The van der Waals surface area contributed by atoms with Crippen molar-refractivity contribution in [2.24, 2.45) is 0 Å². The van der Waals surface area contributed by atoms with Crippen molar-refractivity contribution in [3.05, 3.63) is 42.2 Å². The van der Waals surface area contributed by atoms with Crippen molar-refractivity contribution in [1.29, 1.82) is 0 Å².